The van der Waals surface area contributed by atoms with Gasteiger partial charge in [-0.15, -0.1) is 0 Å². The van der Waals surface area contributed by atoms with Gasteiger partial charge >= 0.3 is 19.8 Å². The Hall–Kier alpha value is -2.63. The van der Waals surface area contributed by atoms with Gasteiger partial charge in [-0.3, -0.25) is 18.6 Å². The highest BCUT2D eigenvalue weighted by atomic mass is 31.2. The van der Waals surface area contributed by atoms with Crippen molar-refractivity contribution in [2.45, 2.75) is 199 Å². The van der Waals surface area contributed by atoms with E-state index in [2.05, 4.69) is 13.8 Å². The van der Waals surface area contributed by atoms with E-state index in [0.717, 1.165) is 25.7 Å². The molecule has 370 valence electrons. The number of carbonyl (C=O) groups excluding carboxylic acids is 2. The minimum Gasteiger partial charge on any atom is -0.462 e. The first-order valence-electron chi connectivity index (χ1n) is 24.9. The molecule has 1 unspecified atom stereocenters. The molecule has 3 N–H and O–H groups in total. The summed E-state index contributed by atoms with van der Waals surface area (Å²) in [6.45, 7) is 4.04. The van der Waals surface area contributed by atoms with E-state index in [1.807, 2.05) is 57.6 Å². The molecule has 0 aromatic rings. The Morgan fingerprint density at radius 3 is 1.56 bits per heavy atom. The number of allylic oxidation sites excluding steroid dienone is 8. The number of unbranched alkanes of at least 4 members (excludes halogenated alkanes) is 18. The molecule has 11 nitrogen and oxygen atoms in total. The average molecular weight is 923 g/mol. The fourth-order valence-corrected chi connectivity index (χ4v) is 7.25. The fourth-order valence-electron chi connectivity index (χ4n) is 6.51. The van der Waals surface area contributed by atoms with Crippen LogP contribution in [0.4, 0.5) is 0 Å². The summed E-state index contributed by atoms with van der Waals surface area (Å²) in [5.41, 5.74) is 0. The molecule has 0 aliphatic carbocycles. The zero-order valence-electron chi connectivity index (χ0n) is 41.0. The number of ether oxygens (including phenoxy) is 2. The van der Waals surface area contributed by atoms with Gasteiger partial charge in [0.1, 0.15) is 19.8 Å². The van der Waals surface area contributed by atoms with Crippen LogP contribution in [0.2, 0.25) is 0 Å². The third-order valence-corrected chi connectivity index (χ3v) is 11.4. The van der Waals surface area contributed by atoms with Gasteiger partial charge < -0.3 is 29.1 Å². The summed E-state index contributed by atoms with van der Waals surface area (Å²) in [6, 6.07) is 0. The molecule has 0 fully saturated rings. The Kier molecular flexibility index (Phi) is 41.2. The quantitative estimate of drug-likeness (QED) is 0.0135. The molecule has 12 heteroatoms. The van der Waals surface area contributed by atoms with Crippen LogP contribution in [0.5, 0.6) is 0 Å². The number of hydrogen-bond acceptors (Lipinski definition) is 9. The van der Waals surface area contributed by atoms with Gasteiger partial charge in [0.05, 0.1) is 40.0 Å². The highest BCUT2D eigenvalue weighted by Crippen LogP contribution is 2.43. The monoisotopic (exact) mass is 923 g/mol. The standard InChI is InChI=1S/C52H92NO10P/c1-6-8-10-11-12-13-14-15-16-17-18-19-20-21-22-23-24-28-36-42-51(56)60-46-50(47-62-64(58,59)61-45-44-53(3,4)5)63-52(57)43-37-29-26-25-27-33-39-49(55)41-35-31-30-34-40-48(54)38-32-9-7-2/h9,26-27,29-35,40-41,48-50,54-55H,6-8,10-25,28,36-39,42-47H2,1-5H3/p+1/b29-26-,31-30-,32-9-,33-27-,40-34+,41-35+/t48-,49+,50+/m0/s1. The molecule has 0 amide bonds. The lowest BCUT2D eigenvalue weighted by Crippen LogP contribution is -2.37. The lowest BCUT2D eigenvalue weighted by atomic mass is 10.0. The lowest BCUT2D eigenvalue weighted by molar-refractivity contribution is -0.870. The topological polar surface area (TPSA) is 149 Å². The smallest absolute Gasteiger partial charge is 0.462 e. The van der Waals surface area contributed by atoms with Crippen molar-refractivity contribution in [2.75, 3.05) is 47.5 Å². The molecule has 0 spiro atoms. The summed E-state index contributed by atoms with van der Waals surface area (Å²) in [4.78, 5) is 35.5. The molecule has 0 aromatic heterocycles. The molecule has 0 bridgehead atoms. The molecular formula is C52H93NO10P+. The van der Waals surface area contributed by atoms with E-state index in [9.17, 15) is 29.3 Å². The van der Waals surface area contributed by atoms with Crippen molar-refractivity contribution >= 4 is 19.8 Å². The van der Waals surface area contributed by atoms with E-state index in [1.165, 1.54) is 96.3 Å². The van der Waals surface area contributed by atoms with E-state index >= 15 is 0 Å². The second-order valence-corrected chi connectivity index (χ2v) is 19.3. The Morgan fingerprint density at radius 1 is 0.578 bits per heavy atom. The Labute approximate surface area is 390 Å². The van der Waals surface area contributed by atoms with Gasteiger partial charge in [0, 0.05) is 12.8 Å². The molecule has 0 rings (SSSR count). The molecule has 4 atom stereocenters. The predicted molar refractivity (Wildman–Crippen MR) is 264 cm³/mol. The first-order valence-corrected chi connectivity index (χ1v) is 26.4. The van der Waals surface area contributed by atoms with Crippen molar-refractivity contribution in [3.8, 4) is 0 Å². The van der Waals surface area contributed by atoms with Gasteiger partial charge in [-0.05, 0) is 38.5 Å². The van der Waals surface area contributed by atoms with E-state index in [0.29, 0.717) is 43.1 Å². The molecule has 0 aromatic carbocycles. The van der Waals surface area contributed by atoms with Crippen molar-refractivity contribution in [1.82, 2.24) is 0 Å². The molecule has 0 aliphatic rings. The maximum Gasteiger partial charge on any atom is 0.472 e. The second-order valence-electron chi connectivity index (χ2n) is 17.9. The second kappa shape index (κ2) is 43.0. The molecule has 0 saturated heterocycles. The van der Waals surface area contributed by atoms with Crippen LogP contribution in [0.3, 0.4) is 0 Å². The van der Waals surface area contributed by atoms with Gasteiger partial charge in [0.2, 0.25) is 0 Å². The van der Waals surface area contributed by atoms with E-state index in [-0.39, 0.29) is 26.1 Å². The number of phosphoric acid groups is 1. The van der Waals surface area contributed by atoms with Crippen molar-refractivity contribution in [3.05, 3.63) is 72.9 Å². The summed E-state index contributed by atoms with van der Waals surface area (Å²) in [5.74, 6) is -0.964. The largest absolute Gasteiger partial charge is 0.472 e. The maximum absolute atomic E-state index is 12.7. The molecule has 0 heterocycles. The number of likely N-dealkylation sites (N-methyl/N-ethyl adjacent to an activating group) is 1. The van der Waals surface area contributed by atoms with Crippen LogP contribution in [-0.2, 0) is 32.7 Å². The first-order chi connectivity index (χ1) is 30.8. The van der Waals surface area contributed by atoms with Crippen LogP contribution in [0.1, 0.15) is 181 Å². The number of hydrogen-bond donors (Lipinski definition) is 3. The highest BCUT2D eigenvalue weighted by Gasteiger charge is 2.27. The van der Waals surface area contributed by atoms with Crippen LogP contribution in [0.25, 0.3) is 0 Å². The van der Waals surface area contributed by atoms with Crippen molar-refractivity contribution < 1.29 is 52.3 Å². The molecule has 0 saturated carbocycles. The summed E-state index contributed by atoms with van der Waals surface area (Å²) < 4.78 is 34.2. The summed E-state index contributed by atoms with van der Waals surface area (Å²) >= 11 is 0. The van der Waals surface area contributed by atoms with Crippen LogP contribution in [0, 0.1) is 0 Å². The Morgan fingerprint density at radius 2 is 1.06 bits per heavy atom. The highest BCUT2D eigenvalue weighted by molar-refractivity contribution is 7.47. The van der Waals surface area contributed by atoms with Crippen molar-refractivity contribution in [1.29, 1.82) is 0 Å². The maximum atomic E-state index is 12.7. The van der Waals surface area contributed by atoms with Crippen molar-refractivity contribution in [2.24, 2.45) is 0 Å². The number of quaternary nitrogens is 1. The number of esters is 2. The van der Waals surface area contributed by atoms with Crippen LogP contribution < -0.4 is 0 Å². The average Bonchev–Trinajstić information content (AvgIpc) is 3.24. The van der Waals surface area contributed by atoms with Gasteiger partial charge in [-0.1, -0.05) is 202 Å². The number of aliphatic hydroxyl groups excluding tert-OH is 2. The predicted octanol–water partition coefficient (Wildman–Crippen LogP) is 12.5. The molecule has 0 aliphatic heterocycles. The van der Waals surface area contributed by atoms with Gasteiger partial charge in [0.15, 0.2) is 6.10 Å². The van der Waals surface area contributed by atoms with Gasteiger partial charge in [0.25, 0.3) is 0 Å². The SMILES string of the molecule is CC/C=C\C[C@H](O)/C=C/C=C\C=C\[C@H](O)C/C=C\C/C=C\CCC(=O)O[C@H](COC(=O)CCCCCCCCCCCCCCCCCCCCC)COP(=O)(O)OCC[N+](C)(C)C. The normalized spacial score (nSPS) is 15.1. The number of carbonyl (C=O) groups is 2. The zero-order valence-corrected chi connectivity index (χ0v) is 41.9. The van der Waals surface area contributed by atoms with Gasteiger partial charge in [-0.25, -0.2) is 4.57 Å². The zero-order chi connectivity index (χ0) is 47.4. The Balaban J connectivity index is 4.49. The molecule has 0 radical (unpaired) electrons. The first kappa shape index (κ1) is 61.4. The molecular weight excluding hydrogens is 830 g/mol. The number of aliphatic hydroxyl groups is 2. The van der Waals surface area contributed by atoms with Crippen molar-refractivity contribution in [3.63, 3.8) is 0 Å². The number of phosphoric ester groups is 1. The molecule has 64 heavy (non-hydrogen) atoms. The Bertz CT molecular complexity index is 1350. The minimum absolute atomic E-state index is 0.00406. The third kappa shape index (κ3) is 45.9. The van der Waals surface area contributed by atoms with Crippen LogP contribution >= 0.6 is 7.82 Å². The van der Waals surface area contributed by atoms with E-state index < -0.39 is 44.7 Å². The van der Waals surface area contributed by atoms with Crippen LogP contribution in [0.15, 0.2) is 72.9 Å². The summed E-state index contributed by atoms with van der Waals surface area (Å²) in [5, 5.41) is 20.0. The van der Waals surface area contributed by atoms with Gasteiger partial charge in [-0.2, -0.15) is 0 Å². The lowest BCUT2D eigenvalue weighted by Gasteiger charge is -2.24. The van der Waals surface area contributed by atoms with E-state index in [1.54, 1.807) is 36.5 Å². The number of rotatable bonds is 44. The van der Waals surface area contributed by atoms with E-state index in [4.69, 9.17) is 18.5 Å². The number of nitrogens with zero attached hydrogens (tertiary/aromatic N) is 1. The minimum atomic E-state index is -4.43. The van der Waals surface area contributed by atoms with Crippen LogP contribution in [-0.4, -0.2) is 97.3 Å². The third-order valence-electron chi connectivity index (χ3n) is 10.4. The summed E-state index contributed by atoms with van der Waals surface area (Å²) in [6.07, 6.45) is 47.5. The summed E-state index contributed by atoms with van der Waals surface area (Å²) in [7, 11) is 1.36. The fraction of sp³-hybridized carbons (Fsp3) is 0.731.